The van der Waals surface area contributed by atoms with Gasteiger partial charge in [0.25, 0.3) is 0 Å². The Labute approximate surface area is 501 Å². The van der Waals surface area contributed by atoms with Crippen LogP contribution in [0.3, 0.4) is 0 Å². The van der Waals surface area contributed by atoms with Crippen LogP contribution in [-0.4, -0.2) is 77.6 Å². The molecular weight excluding hydrogens is 1140 g/mol. The molecule has 19 heteroatoms. The number of anilines is 6. The smallest absolute Gasteiger partial charge is 0.250 e. The van der Waals surface area contributed by atoms with Gasteiger partial charge in [-0.05, 0) is 146 Å². The summed E-state index contributed by atoms with van der Waals surface area (Å²) >= 11 is 25.3. The Balaban J connectivity index is 0.000000170. The number of carbonyl (C=O) groups excluding carboxylic acids is 5. The number of nitrogens with two attached hydrogens (primary N) is 1. The van der Waals surface area contributed by atoms with E-state index in [-0.39, 0.29) is 77.6 Å². The highest BCUT2D eigenvalue weighted by molar-refractivity contribution is 6.32. The number of hydrogen-bond donors (Lipinski definition) is 4. The third-order valence-corrected chi connectivity index (χ3v) is 19.2. The van der Waals surface area contributed by atoms with E-state index < -0.39 is 46.4 Å². The molecule has 6 heterocycles. The average Bonchev–Trinajstić information content (AvgIpc) is 1.79. The molecule has 14 rings (SSSR count). The van der Waals surface area contributed by atoms with Crippen LogP contribution in [0.25, 0.3) is 0 Å². The maximum absolute atomic E-state index is 16.1. The number of piperidine rings is 2. The van der Waals surface area contributed by atoms with Crippen molar-refractivity contribution in [1.29, 1.82) is 0 Å². The summed E-state index contributed by atoms with van der Waals surface area (Å²) in [6, 6.07) is 34.1. The van der Waals surface area contributed by atoms with Crippen LogP contribution >= 0.6 is 46.4 Å². The van der Waals surface area contributed by atoms with Gasteiger partial charge in [-0.2, -0.15) is 0 Å². The van der Waals surface area contributed by atoms with Gasteiger partial charge in [0.15, 0.2) is 0 Å². The quantitative estimate of drug-likeness (QED) is 0.104. The van der Waals surface area contributed by atoms with E-state index in [0.29, 0.717) is 94.9 Å². The first-order valence-corrected chi connectivity index (χ1v) is 29.0. The van der Waals surface area contributed by atoms with Crippen LogP contribution in [0.15, 0.2) is 121 Å². The maximum Gasteiger partial charge on any atom is 0.250 e. The number of amides is 5. The molecule has 6 aromatic rings. The molecule has 6 fully saturated rings. The van der Waals surface area contributed by atoms with Gasteiger partial charge in [0.05, 0.1) is 21.9 Å². The minimum atomic E-state index is -1.32. The van der Waals surface area contributed by atoms with Crippen LogP contribution in [-0.2, 0) is 35.1 Å². The van der Waals surface area contributed by atoms with Gasteiger partial charge in [-0.3, -0.25) is 33.8 Å². The monoisotopic (exact) mass is 1200 g/mol. The summed E-state index contributed by atoms with van der Waals surface area (Å²) in [4.78, 5) is 77.2. The number of hydrogen-bond acceptors (Lipinski definition) is 8. The highest BCUT2D eigenvalue weighted by Gasteiger charge is 2.72. The van der Waals surface area contributed by atoms with Crippen molar-refractivity contribution in [2.24, 2.45) is 23.7 Å². The molecule has 0 aromatic heterocycles. The van der Waals surface area contributed by atoms with Gasteiger partial charge in [0.2, 0.25) is 29.5 Å². The number of nitrogens with zero attached hydrogens (tertiary/aromatic N) is 4. The fourth-order valence-electron chi connectivity index (χ4n) is 14.6. The van der Waals surface area contributed by atoms with Crippen LogP contribution < -0.4 is 31.5 Å². The molecule has 2 saturated carbocycles. The van der Waals surface area contributed by atoms with Gasteiger partial charge in [-0.15, -0.1) is 0 Å². The zero-order valence-corrected chi connectivity index (χ0v) is 46.9. The Morgan fingerprint density at radius 3 is 1.40 bits per heavy atom. The van der Waals surface area contributed by atoms with E-state index >= 15 is 8.78 Å². The highest BCUT2D eigenvalue weighted by Crippen LogP contribution is 2.64. The van der Waals surface area contributed by atoms with Crippen LogP contribution in [0, 0.1) is 35.3 Å². The number of benzene rings is 6. The van der Waals surface area contributed by atoms with Gasteiger partial charge >= 0.3 is 0 Å². The summed E-state index contributed by atoms with van der Waals surface area (Å²) in [5.41, 5.74) is 9.09. The molecule has 432 valence electrons. The molecule has 6 aliphatic heterocycles. The summed E-state index contributed by atoms with van der Waals surface area (Å²) in [6.07, 6.45) is 5.49. The van der Waals surface area contributed by atoms with E-state index in [4.69, 9.17) is 52.1 Å². The van der Waals surface area contributed by atoms with Crippen molar-refractivity contribution in [2.75, 3.05) is 57.7 Å². The number of likely N-dealkylation sites (tertiary alicyclic amines) is 2. The van der Waals surface area contributed by atoms with Crippen molar-refractivity contribution in [3.63, 3.8) is 0 Å². The first kappa shape index (κ1) is 58.2. The van der Waals surface area contributed by atoms with E-state index in [1.54, 1.807) is 94.7 Å². The van der Waals surface area contributed by atoms with Gasteiger partial charge in [0.1, 0.15) is 22.7 Å². The molecule has 0 unspecified atom stereocenters. The molecule has 13 nitrogen and oxygen atoms in total. The maximum atomic E-state index is 16.1. The number of nitrogen functional groups attached to an aromatic ring is 1. The Hall–Kier alpha value is -6.59. The summed E-state index contributed by atoms with van der Waals surface area (Å²) < 4.78 is 32.0. The standard InChI is InChI=1S/C32H29Cl2FN4O3.C30H27Cl2FN4O2.2CH4/c1-17(40)36-20-8-10-21(11-9-20)38-14-13-26-27(30(38)41)28(22-3-2-4-24(34)29(22)35)32(39(26)16-18-5-6-18)23-12-7-19(33)15-25(23)37-31(32)42;31-17-6-11-21-23(14-17)35-29(39)30(21)26(20-2-1-3-22(32)27(20)33)25-24(37(30)15-16-4-5-16)12-13-36(28(25)38)19-9-7-18(34)8-10-19;;/h2-4,7-12,15,18,26-28H,5-6,13-14,16H2,1H3,(H,36,40)(H,37,42);1-3,6-11,14,16,24-26H,4-5,12-13,15,34H2,(H,35,39);2*1H4/t26-,27+,28-,32+;24-,25+,26-,30+;;/m00../s1. The lowest BCUT2D eigenvalue weighted by molar-refractivity contribution is -0.128. The lowest BCUT2D eigenvalue weighted by Gasteiger charge is -2.40. The molecule has 0 bridgehead atoms. The third-order valence-electron chi connectivity index (χ3n) is 18.2. The number of fused-ring (bicyclic) bond motifs is 6. The van der Waals surface area contributed by atoms with Gasteiger partial charge in [0, 0.05) is 112 Å². The Kier molecular flexibility index (Phi) is 15.5. The predicted molar refractivity (Wildman–Crippen MR) is 324 cm³/mol. The van der Waals surface area contributed by atoms with Crippen molar-refractivity contribution in [2.45, 2.75) is 95.3 Å². The average molecular weight is 1210 g/mol. The molecule has 2 spiro atoms. The lowest BCUT2D eigenvalue weighted by atomic mass is 9.70. The molecule has 2 aliphatic carbocycles. The molecule has 6 aromatic carbocycles. The zero-order valence-electron chi connectivity index (χ0n) is 43.9. The molecule has 0 radical (unpaired) electrons. The molecule has 8 aliphatic rings. The molecule has 83 heavy (non-hydrogen) atoms. The summed E-state index contributed by atoms with van der Waals surface area (Å²) in [5, 5.41) is 9.71. The number of halogens is 6. The van der Waals surface area contributed by atoms with E-state index in [0.717, 1.165) is 36.9 Å². The first-order chi connectivity index (χ1) is 39.0. The number of nitrogens with one attached hydrogen (secondary N) is 3. The molecular formula is C64H64Cl4F2N8O5. The van der Waals surface area contributed by atoms with Crippen LogP contribution in [0.4, 0.5) is 42.9 Å². The van der Waals surface area contributed by atoms with Crippen molar-refractivity contribution in [3.8, 4) is 0 Å². The van der Waals surface area contributed by atoms with Gasteiger partial charge in [-0.1, -0.05) is 97.7 Å². The fourth-order valence-corrected chi connectivity index (χ4v) is 15.3. The van der Waals surface area contributed by atoms with E-state index in [9.17, 15) is 24.0 Å². The van der Waals surface area contributed by atoms with Crippen LogP contribution in [0.5, 0.6) is 0 Å². The molecule has 5 N–H and O–H groups in total. The predicted octanol–water partition coefficient (Wildman–Crippen LogP) is 13.2. The van der Waals surface area contributed by atoms with E-state index in [2.05, 4.69) is 25.8 Å². The van der Waals surface area contributed by atoms with Crippen LogP contribution in [0.1, 0.15) is 94.4 Å². The minimum Gasteiger partial charge on any atom is -0.399 e. The molecule has 8 atom stereocenters. The van der Waals surface area contributed by atoms with Crippen molar-refractivity contribution in [3.05, 3.63) is 175 Å². The largest absolute Gasteiger partial charge is 0.399 e. The van der Waals surface area contributed by atoms with Crippen molar-refractivity contribution in [1.82, 2.24) is 9.80 Å². The van der Waals surface area contributed by atoms with E-state index in [1.807, 2.05) is 24.3 Å². The second-order valence-electron chi connectivity index (χ2n) is 22.8. The third kappa shape index (κ3) is 9.45. The summed E-state index contributed by atoms with van der Waals surface area (Å²) in [7, 11) is 0. The second kappa shape index (κ2) is 22.1. The van der Waals surface area contributed by atoms with E-state index in [1.165, 1.54) is 19.1 Å². The molecule has 4 saturated heterocycles. The highest BCUT2D eigenvalue weighted by atomic mass is 35.5. The molecule has 5 amide bonds. The Morgan fingerprint density at radius 1 is 0.590 bits per heavy atom. The lowest BCUT2D eigenvalue weighted by Crippen LogP contribution is -2.54. The zero-order chi connectivity index (χ0) is 56.4. The number of carbonyl (C=O) groups is 5. The number of rotatable bonds is 9. The van der Waals surface area contributed by atoms with Crippen LogP contribution in [0.2, 0.25) is 20.1 Å². The SMILES string of the molecule is C.C.CC(=O)Nc1ccc(N2CC[C@H]3[C@@H](C2=O)[C@H](c2cccc(Cl)c2F)[C@]2(C(=O)Nc4cc(Cl)ccc42)N3CC2CC2)cc1.Nc1ccc(N2CC[C@H]3[C@@H](C2=O)[C@H](c2cccc(Cl)c2F)[C@]2(C(=O)Nc4cc(Cl)ccc42)N3CC2CC2)cc1. The second-order valence-corrected chi connectivity index (χ2v) is 24.5. The fraction of sp³-hybridized carbons (Fsp3) is 0.359. The van der Waals surface area contributed by atoms with Gasteiger partial charge < -0.3 is 31.5 Å². The van der Waals surface area contributed by atoms with Crippen molar-refractivity contribution >= 4 is 110 Å². The van der Waals surface area contributed by atoms with Crippen molar-refractivity contribution < 1.29 is 32.8 Å². The Bertz CT molecular complexity index is 3610. The normalized spacial score (nSPS) is 26.7. The summed E-state index contributed by atoms with van der Waals surface area (Å²) in [5.74, 6) is -4.42. The minimum absolute atomic E-state index is 0. The van der Waals surface area contributed by atoms with Gasteiger partial charge in [-0.25, -0.2) is 8.78 Å². The Morgan fingerprint density at radius 2 is 1.00 bits per heavy atom. The topological polar surface area (TPSA) is 160 Å². The summed E-state index contributed by atoms with van der Waals surface area (Å²) in [6.45, 7) is 3.65. The first-order valence-electron chi connectivity index (χ1n) is 27.5.